The zero-order chi connectivity index (χ0) is 13.9. The lowest BCUT2D eigenvalue weighted by Crippen LogP contribution is -2.06. The monoisotopic (exact) mass is 263 g/mol. The van der Waals surface area contributed by atoms with Gasteiger partial charge in [0.2, 0.25) is 0 Å². The Kier molecular flexibility index (Phi) is 3.17. The summed E-state index contributed by atoms with van der Waals surface area (Å²) in [5.74, 6) is -0.413. The number of hydrogen-bond donors (Lipinski definition) is 0. The van der Waals surface area contributed by atoms with Crippen molar-refractivity contribution in [1.29, 1.82) is 0 Å². The van der Waals surface area contributed by atoms with Crippen LogP contribution in [0.1, 0.15) is 16.7 Å². The van der Waals surface area contributed by atoms with Crippen molar-refractivity contribution < 1.29 is 9.63 Å². The van der Waals surface area contributed by atoms with Gasteiger partial charge in [-0.3, -0.25) is 0 Å². The van der Waals surface area contributed by atoms with Crippen LogP contribution in [-0.4, -0.2) is 11.7 Å². The molecule has 0 aromatic heterocycles. The van der Waals surface area contributed by atoms with Crippen molar-refractivity contribution in [3.05, 3.63) is 76.9 Å². The first-order valence-electron chi connectivity index (χ1n) is 6.37. The fourth-order valence-corrected chi connectivity index (χ4v) is 2.04. The minimum Gasteiger partial charge on any atom is -0.312 e. The number of benzene rings is 2. The van der Waals surface area contributed by atoms with Crippen LogP contribution >= 0.6 is 0 Å². The highest BCUT2D eigenvalue weighted by molar-refractivity contribution is 6.31. The standard InChI is InChI=1S/C17H13NO2/c1-12-7-9-13(10-8-12)11-15-16(18-20-17(15)19)14-5-3-2-4-6-14/h2-11H,1H3/b15-11+. The van der Waals surface area contributed by atoms with E-state index in [0.717, 1.165) is 11.1 Å². The molecule has 2 aromatic rings. The Morgan fingerprint density at radius 1 is 1.00 bits per heavy atom. The number of hydrogen-bond acceptors (Lipinski definition) is 3. The maximum Gasteiger partial charge on any atom is 0.368 e. The Labute approximate surface area is 117 Å². The van der Waals surface area contributed by atoms with Gasteiger partial charge in [0.1, 0.15) is 5.71 Å². The molecule has 0 unspecified atom stereocenters. The third kappa shape index (κ3) is 2.38. The highest BCUT2D eigenvalue weighted by atomic mass is 16.7. The first kappa shape index (κ1) is 12.4. The van der Waals surface area contributed by atoms with Crippen LogP contribution in [0.25, 0.3) is 6.08 Å². The Morgan fingerprint density at radius 3 is 2.40 bits per heavy atom. The van der Waals surface area contributed by atoms with Crippen LogP contribution in [0.4, 0.5) is 0 Å². The van der Waals surface area contributed by atoms with E-state index in [1.807, 2.05) is 61.5 Å². The zero-order valence-electron chi connectivity index (χ0n) is 11.0. The van der Waals surface area contributed by atoms with Crippen molar-refractivity contribution in [2.45, 2.75) is 6.92 Å². The Morgan fingerprint density at radius 2 is 1.70 bits per heavy atom. The molecule has 0 fully saturated rings. The molecular formula is C17H13NO2. The summed E-state index contributed by atoms with van der Waals surface area (Å²) < 4.78 is 0. The van der Waals surface area contributed by atoms with Gasteiger partial charge in [-0.1, -0.05) is 65.3 Å². The second kappa shape index (κ2) is 5.13. The van der Waals surface area contributed by atoms with Gasteiger partial charge in [0.05, 0.1) is 5.57 Å². The minimum absolute atomic E-state index is 0.413. The first-order valence-corrected chi connectivity index (χ1v) is 6.37. The Balaban J connectivity index is 2.00. The van der Waals surface area contributed by atoms with Crippen LogP contribution in [0.5, 0.6) is 0 Å². The quantitative estimate of drug-likeness (QED) is 0.615. The number of carbonyl (C=O) groups excluding carboxylic acids is 1. The van der Waals surface area contributed by atoms with Crippen molar-refractivity contribution in [2.75, 3.05) is 0 Å². The van der Waals surface area contributed by atoms with Crippen molar-refractivity contribution in [3.63, 3.8) is 0 Å². The second-order valence-corrected chi connectivity index (χ2v) is 4.65. The highest BCUT2D eigenvalue weighted by Gasteiger charge is 2.26. The second-order valence-electron chi connectivity index (χ2n) is 4.65. The maximum atomic E-state index is 11.8. The van der Waals surface area contributed by atoms with Crippen molar-refractivity contribution in [2.24, 2.45) is 5.16 Å². The number of nitrogens with zero attached hydrogens (tertiary/aromatic N) is 1. The smallest absolute Gasteiger partial charge is 0.312 e. The molecule has 2 aromatic carbocycles. The molecule has 20 heavy (non-hydrogen) atoms. The molecule has 0 bridgehead atoms. The van der Waals surface area contributed by atoms with Gasteiger partial charge in [0, 0.05) is 5.56 Å². The minimum atomic E-state index is -0.413. The summed E-state index contributed by atoms with van der Waals surface area (Å²) in [5.41, 5.74) is 4.07. The molecule has 1 aliphatic rings. The highest BCUT2D eigenvalue weighted by Crippen LogP contribution is 2.20. The summed E-state index contributed by atoms with van der Waals surface area (Å²) in [5, 5.41) is 3.88. The molecule has 3 nitrogen and oxygen atoms in total. The summed E-state index contributed by atoms with van der Waals surface area (Å²) in [4.78, 5) is 16.6. The fraction of sp³-hybridized carbons (Fsp3) is 0.0588. The van der Waals surface area contributed by atoms with Crippen molar-refractivity contribution >= 4 is 17.8 Å². The zero-order valence-corrected chi connectivity index (χ0v) is 11.0. The summed E-state index contributed by atoms with van der Waals surface area (Å²) in [6, 6.07) is 17.5. The normalized spacial score (nSPS) is 16.1. The van der Waals surface area contributed by atoms with E-state index in [-0.39, 0.29) is 0 Å². The largest absolute Gasteiger partial charge is 0.368 e. The van der Waals surface area contributed by atoms with E-state index in [4.69, 9.17) is 4.84 Å². The van der Waals surface area contributed by atoms with E-state index >= 15 is 0 Å². The molecule has 3 heteroatoms. The maximum absolute atomic E-state index is 11.8. The molecule has 0 amide bonds. The predicted molar refractivity (Wildman–Crippen MR) is 78.2 cm³/mol. The predicted octanol–water partition coefficient (Wildman–Crippen LogP) is 3.34. The average molecular weight is 263 g/mol. The lowest BCUT2D eigenvalue weighted by molar-refractivity contribution is -0.136. The number of carbonyl (C=O) groups is 1. The van der Waals surface area contributed by atoms with E-state index in [0.29, 0.717) is 11.3 Å². The first-order chi connectivity index (χ1) is 9.74. The molecule has 1 aliphatic heterocycles. The molecule has 98 valence electrons. The van der Waals surface area contributed by atoms with E-state index in [1.54, 1.807) is 6.08 Å². The van der Waals surface area contributed by atoms with Crippen molar-refractivity contribution in [3.8, 4) is 0 Å². The lowest BCUT2D eigenvalue weighted by Gasteiger charge is -2.00. The molecular weight excluding hydrogens is 250 g/mol. The number of aryl methyl sites for hydroxylation is 1. The van der Waals surface area contributed by atoms with E-state index in [2.05, 4.69) is 5.16 Å². The molecule has 3 rings (SSSR count). The molecule has 0 spiro atoms. The van der Waals surface area contributed by atoms with Gasteiger partial charge in [0.15, 0.2) is 0 Å². The van der Waals surface area contributed by atoms with E-state index in [1.165, 1.54) is 5.56 Å². The van der Waals surface area contributed by atoms with Crippen LogP contribution in [0.2, 0.25) is 0 Å². The number of oxime groups is 1. The Bertz CT molecular complexity index is 698. The summed E-state index contributed by atoms with van der Waals surface area (Å²) >= 11 is 0. The van der Waals surface area contributed by atoms with E-state index in [9.17, 15) is 4.79 Å². The SMILES string of the molecule is Cc1ccc(/C=C2/C(=O)ON=C2c2ccccc2)cc1. The molecule has 0 saturated carbocycles. The van der Waals surface area contributed by atoms with Crippen LogP contribution in [0, 0.1) is 6.92 Å². The van der Waals surface area contributed by atoms with Gasteiger partial charge in [-0.15, -0.1) is 0 Å². The van der Waals surface area contributed by atoms with Crippen LogP contribution in [0.3, 0.4) is 0 Å². The third-order valence-electron chi connectivity index (χ3n) is 3.13. The molecule has 0 saturated heterocycles. The van der Waals surface area contributed by atoms with Gasteiger partial charge >= 0.3 is 5.97 Å². The summed E-state index contributed by atoms with van der Waals surface area (Å²) in [6.07, 6.45) is 1.81. The van der Waals surface area contributed by atoms with Crippen molar-refractivity contribution in [1.82, 2.24) is 0 Å². The average Bonchev–Trinajstić information content (AvgIpc) is 2.84. The summed E-state index contributed by atoms with van der Waals surface area (Å²) in [6.45, 7) is 2.03. The number of rotatable bonds is 2. The third-order valence-corrected chi connectivity index (χ3v) is 3.13. The topological polar surface area (TPSA) is 38.7 Å². The lowest BCUT2D eigenvalue weighted by atomic mass is 10.0. The molecule has 1 heterocycles. The van der Waals surface area contributed by atoms with Crippen LogP contribution in [0.15, 0.2) is 65.3 Å². The summed E-state index contributed by atoms with van der Waals surface area (Å²) in [7, 11) is 0. The Hall–Kier alpha value is -2.68. The van der Waals surface area contributed by atoms with Gasteiger partial charge in [-0.25, -0.2) is 4.79 Å². The molecule has 0 radical (unpaired) electrons. The molecule has 0 N–H and O–H groups in total. The molecule has 0 aliphatic carbocycles. The van der Waals surface area contributed by atoms with Gasteiger partial charge in [-0.05, 0) is 18.6 Å². The van der Waals surface area contributed by atoms with E-state index < -0.39 is 5.97 Å². The van der Waals surface area contributed by atoms with Gasteiger partial charge in [-0.2, -0.15) is 0 Å². The molecule has 0 atom stereocenters. The van der Waals surface area contributed by atoms with Gasteiger partial charge < -0.3 is 4.84 Å². The van der Waals surface area contributed by atoms with Crippen LogP contribution < -0.4 is 0 Å². The van der Waals surface area contributed by atoms with Crippen LogP contribution in [-0.2, 0) is 9.63 Å². The fourth-order valence-electron chi connectivity index (χ4n) is 2.04. The van der Waals surface area contributed by atoms with Gasteiger partial charge in [0.25, 0.3) is 0 Å².